The van der Waals surface area contributed by atoms with Gasteiger partial charge in [0.05, 0.1) is 6.07 Å². The van der Waals surface area contributed by atoms with Crippen LogP contribution in [0.5, 0.6) is 5.75 Å². The summed E-state index contributed by atoms with van der Waals surface area (Å²) in [7, 11) is 0. The van der Waals surface area contributed by atoms with Crippen LogP contribution in [0, 0.1) is 11.3 Å². The fraction of sp³-hybridized carbons (Fsp3) is 0.222. The predicted octanol–water partition coefficient (Wildman–Crippen LogP) is 1.09. The van der Waals surface area contributed by atoms with Crippen LogP contribution in [0.15, 0.2) is 24.3 Å². The van der Waals surface area contributed by atoms with Crippen LogP contribution in [-0.2, 0) is 5.54 Å². The number of nitrogens with zero attached hydrogens (tertiary/aromatic N) is 1. The van der Waals surface area contributed by atoms with Crippen LogP contribution in [0.3, 0.4) is 0 Å². The van der Waals surface area contributed by atoms with Crippen LogP contribution in [0.1, 0.15) is 12.5 Å². The summed E-state index contributed by atoms with van der Waals surface area (Å²) in [5.41, 5.74) is 5.22. The predicted molar refractivity (Wildman–Crippen MR) is 45.3 cm³/mol. The second-order valence-electron chi connectivity index (χ2n) is 2.86. The summed E-state index contributed by atoms with van der Waals surface area (Å²) in [4.78, 5) is 0. The number of nitrogens with two attached hydrogens (primary N) is 1. The average molecular weight is 162 g/mol. The van der Waals surface area contributed by atoms with Gasteiger partial charge in [0.15, 0.2) is 0 Å². The van der Waals surface area contributed by atoms with Crippen molar-refractivity contribution in [2.24, 2.45) is 5.73 Å². The Balaban J connectivity index is 3.14. The quantitative estimate of drug-likeness (QED) is 0.649. The first kappa shape index (κ1) is 8.57. The maximum Gasteiger partial charge on any atom is 0.127 e. The molecule has 3 nitrogen and oxygen atoms in total. The summed E-state index contributed by atoms with van der Waals surface area (Å²) in [5, 5.41) is 17.8. The van der Waals surface area contributed by atoms with E-state index in [1.807, 2.05) is 6.07 Å². The smallest absolute Gasteiger partial charge is 0.127 e. The van der Waals surface area contributed by atoms with Crippen LogP contribution in [0.4, 0.5) is 0 Å². The minimum atomic E-state index is -1.03. The fourth-order valence-corrected chi connectivity index (χ4v) is 0.893. The lowest BCUT2D eigenvalue weighted by Gasteiger charge is -2.15. The molecule has 62 valence electrons. The number of rotatable bonds is 1. The molecule has 3 N–H and O–H groups in total. The Labute approximate surface area is 71.1 Å². The third kappa shape index (κ3) is 1.55. The molecule has 0 heterocycles. The molecule has 1 aromatic rings. The van der Waals surface area contributed by atoms with Crippen LogP contribution in [-0.4, -0.2) is 5.11 Å². The summed E-state index contributed by atoms with van der Waals surface area (Å²) in [5.74, 6) is 0.124. The molecule has 3 heteroatoms. The normalized spacial score (nSPS) is 14.8. The molecule has 0 bridgehead atoms. The molecule has 0 aliphatic carbocycles. The Morgan fingerprint density at radius 2 is 2.25 bits per heavy atom. The highest BCUT2D eigenvalue weighted by atomic mass is 16.3. The van der Waals surface area contributed by atoms with Crippen molar-refractivity contribution in [3.63, 3.8) is 0 Å². The molecule has 0 spiro atoms. The third-order valence-corrected chi connectivity index (χ3v) is 1.68. The van der Waals surface area contributed by atoms with Crippen molar-refractivity contribution in [3.8, 4) is 11.8 Å². The fourth-order valence-electron chi connectivity index (χ4n) is 0.893. The standard InChI is InChI=1S/C9H10N2O/c1-9(11,6-10)7-3-2-4-8(12)5-7/h2-5,12H,11H2,1H3. The van der Waals surface area contributed by atoms with E-state index in [2.05, 4.69) is 0 Å². The Morgan fingerprint density at radius 3 is 2.75 bits per heavy atom. The molecule has 0 saturated heterocycles. The summed E-state index contributed by atoms with van der Waals surface area (Å²) in [6.07, 6.45) is 0. The van der Waals surface area contributed by atoms with Crippen LogP contribution in [0.25, 0.3) is 0 Å². The molecule has 12 heavy (non-hydrogen) atoms. The van der Waals surface area contributed by atoms with Gasteiger partial charge in [-0.25, -0.2) is 0 Å². The number of hydrogen-bond donors (Lipinski definition) is 2. The van der Waals surface area contributed by atoms with Gasteiger partial charge in [-0.3, -0.25) is 0 Å². The van der Waals surface area contributed by atoms with Crippen LogP contribution >= 0.6 is 0 Å². The lowest BCUT2D eigenvalue weighted by Crippen LogP contribution is -2.30. The zero-order valence-corrected chi connectivity index (χ0v) is 6.78. The Morgan fingerprint density at radius 1 is 1.58 bits per heavy atom. The van der Waals surface area contributed by atoms with E-state index >= 15 is 0 Å². The van der Waals surface area contributed by atoms with Gasteiger partial charge in [0.1, 0.15) is 11.3 Å². The second-order valence-corrected chi connectivity index (χ2v) is 2.86. The zero-order chi connectivity index (χ0) is 9.19. The molecule has 1 atom stereocenters. The maximum atomic E-state index is 9.11. The first-order valence-electron chi connectivity index (χ1n) is 3.56. The van der Waals surface area contributed by atoms with E-state index in [1.54, 1.807) is 19.1 Å². The van der Waals surface area contributed by atoms with E-state index in [9.17, 15) is 0 Å². The summed E-state index contributed by atoms with van der Waals surface area (Å²) >= 11 is 0. The van der Waals surface area contributed by atoms with Crippen molar-refractivity contribution < 1.29 is 5.11 Å². The number of phenols is 1. The minimum Gasteiger partial charge on any atom is -0.508 e. The van der Waals surface area contributed by atoms with E-state index in [-0.39, 0.29) is 5.75 Å². The zero-order valence-electron chi connectivity index (χ0n) is 6.78. The molecular weight excluding hydrogens is 152 g/mol. The van der Waals surface area contributed by atoms with Crippen molar-refractivity contribution in [2.75, 3.05) is 0 Å². The van der Waals surface area contributed by atoms with Gasteiger partial charge in [-0.05, 0) is 24.6 Å². The monoisotopic (exact) mass is 162 g/mol. The average Bonchev–Trinajstić information content (AvgIpc) is 2.05. The Bertz CT molecular complexity index is 326. The molecule has 1 rings (SSSR count). The SMILES string of the molecule is CC(N)(C#N)c1cccc(O)c1. The lowest BCUT2D eigenvalue weighted by atomic mass is 9.95. The van der Waals surface area contributed by atoms with E-state index in [0.29, 0.717) is 5.56 Å². The number of aromatic hydroxyl groups is 1. The molecule has 0 aliphatic rings. The summed E-state index contributed by atoms with van der Waals surface area (Å²) in [6.45, 7) is 1.60. The third-order valence-electron chi connectivity index (χ3n) is 1.68. The molecule has 0 aromatic heterocycles. The first-order chi connectivity index (χ1) is 5.56. The van der Waals surface area contributed by atoms with Gasteiger partial charge < -0.3 is 10.8 Å². The summed E-state index contributed by atoms with van der Waals surface area (Å²) < 4.78 is 0. The van der Waals surface area contributed by atoms with E-state index in [1.165, 1.54) is 12.1 Å². The van der Waals surface area contributed by atoms with Gasteiger partial charge >= 0.3 is 0 Å². The van der Waals surface area contributed by atoms with Crippen molar-refractivity contribution in [1.82, 2.24) is 0 Å². The number of nitriles is 1. The molecule has 1 aromatic carbocycles. The molecule has 1 unspecified atom stereocenters. The van der Waals surface area contributed by atoms with E-state index in [4.69, 9.17) is 16.1 Å². The molecule has 0 radical (unpaired) electrons. The van der Waals surface area contributed by atoms with Gasteiger partial charge in [-0.15, -0.1) is 0 Å². The second kappa shape index (κ2) is 2.84. The van der Waals surface area contributed by atoms with Gasteiger partial charge in [-0.1, -0.05) is 12.1 Å². The topological polar surface area (TPSA) is 70.0 Å². The van der Waals surface area contributed by atoms with Gasteiger partial charge in [-0.2, -0.15) is 5.26 Å². The largest absolute Gasteiger partial charge is 0.508 e. The van der Waals surface area contributed by atoms with Crippen molar-refractivity contribution >= 4 is 0 Å². The van der Waals surface area contributed by atoms with E-state index < -0.39 is 5.54 Å². The highest BCUT2D eigenvalue weighted by Gasteiger charge is 2.19. The van der Waals surface area contributed by atoms with Gasteiger partial charge in [0, 0.05) is 0 Å². The van der Waals surface area contributed by atoms with E-state index in [0.717, 1.165) is 0 Å². The summed E-state index contributed by atoms with van der Waals surface area (Å²) in [6, 6.07) is 8.35. The minimum absolute atomic E-state index is 0.124. The maximum absolute atomic E-state index is 9.11. The molecule has 0 amide bonds. The van der Waals surface area contributed by atoms with Crippen molar-refractivity contribution in [1.29, 1.82) is 5.26 Å². The molecule has 0 aliphatic heterocycles. The highest BCUT2D eigenvalue weighted by molar-refractivity contribution is 5.35. The highest BCUT2D eigenvalue weighted by Crippen LogP contribution is 2.20. The van der Waals surface area contributed by atoms with Crippen LogP contribution in [0.2, 0.25) is 0 Å². The number of hydrogen-bond acceptors (Lipinski definition) is 3. The van der Waals surface area contributed by atoms with Gasteiger partial charge in [0.25, 0.3) is 0 Å². The number of benzene rings is 1. The molecule has 0 fully saturated rings. The van der Waals surface area contributed by atoms with Crippen molar-refractivity contribution in [3.05, 3.63) is 29.8 Å². The van der Waals surface area contributed by atoms with Gasteiger partial charge in [0.2, 0.25) is 0 Å². The number of phenolic OH excluding ortho intramolecular Hbond substituents is 1. The Kier molecular flexibility index (Phi) is 2.03. The lowest BCUT2D eigenvalue weighted by molar-refractivity contribution is 0.472. The molecule has 0 saturated carbocycles. The molecular formula is C9H10N2O. The van der Waals surface area contributed by atoms with Crippen molar-refractivity contribution in [2.45, 2.75) is 12.5 Å². The Hall–Kier alpha value is -1.53. The first-order valence-corrected chi connectivity index (χ1v) is 3.56. The van der Waals surface area contributed by atoms with Crippen LogP contribution < -0.4 is 5.73 Å².